The second-order valence-electron chi connectivity index (χ2n) is 5.95. The maximum absolute atomic E-state index is 10.1. The number of halogens is 1. The first-order valence-corrected chi connectivity index (χ1v) is 8.47. The number of phenols is 1. The third kappa shape index (κ3) is 3.19. The van der Waals surface area contributed by atoms with Gasteiger partial charge in [0.2, 0.25) is 5.89 Å². The van der Waals surface area contributed by atoms with Crippen LogP contribution in [-0.4, -0.2) is 16.3 Å². The lowest BCUT2D eigenvalue weighted by Gasteiger charge is -2.02. The van der Waals surface area contributed by atoms with Crippen molar-refractivity contribution >= 4 is 34.6 Å². The quantitative estimate of drug-likeness (QED) is 0.460. The van der Waals surface area contributed by atoms with Crippen molar-refractivity contribution in [2.75, 3.05) is 0 Å². The summed E-state index contributed by atoms with van der Waals surface area (Å²) in [4.78, 5) is 8.94. The van der Waals surface area contributed by atoms with Crippen LogP contribution >= 0.6 is 11.6 Å². The van der Waals surface area contributed by atoms with Gasteiger partial charge in [-0.1, -0.05) is 29.8 Å². The molecule has 1 N–H and O–H groups in total. The van der Waals surface area contributed by atoms with Gasteiger partial charge >= 0.3 is 0 Å². The summed E-state index contributed by atoms with van der Waals surface area (Å²) in [5.41, 5.74) is 4.44. The van der Waals surface area contributed by atoms with Gasteiger partial charge < -0.3 is 9.52 Å². The fourth-order valence-corrected chi connectivity index (χ4v) is 2.84. The molecule has 0 aliphatic rings. The fraction of sp³-hybridized carbons (Fsp3) is 0.0476. The number of benzene rings is 3. The maximum Gasteiger partial charge on any atom is 0.227 e. The number of nitrogens with zero attached hydrogens (tertiary/aromatic N) is 2. The standard InChI is InChI=1S/C21H15ClN2O2/c1-13-4-2-6-15(20(13)25)12-23-17-7-3-5-14(10-17)21-24-18-11-16(22)8-9-19(18)26-21/h2-12,25H,1H3. The lowest BCUT2D eigenvalue weighted by Crippen LogP contribution is -1.85. The third-order valence-electron chi connectivity index (χ3n) is 4.06. The zero-order valence-electron chi connectivity index (χ0n) is 14.0. The molecule has 4 rings (SSSR count). The molecule has 0 amide bonds. The van der Waals surface area contributed by atoms with Gasteiger partial charge in [-0.3, -0.25) is 4.99 Å². The molecule has 0 bridgehead atoms. The van der Waals surface area contributed by atoms with Crippen molar-refractivity contribution in [1.82, 2.24) is 4.98 Å². The first-order chi connectivity index (χ1) is 12.6. The molecule has 4 aromatic rings. The maximum atomic E-state index is 10.1. The van der Waals surface area contributed by atoms with Gasteiger partial charge in [0, 0.05) is 22.4 Å². The van der Waals surface area contributed by atoms with Gasteiger partial charge in [0.05, 0.1) is 5.69 Å². The molecule has 0 saturated heterocycles. The Labute approximate surface area is 155 Å². The molecule has 3 aromatic carbocycles. The van der Waals surface area contributed by atoms with E-state index in [-0.39, 0.29) is 5.75 Å². The highest BCUT2D eigenvalue weighted by Crippen LogP contribution is 2.28. The molecule has 0 aliphatic heterocycles. The molecule has 5 heteroatoms. The molecular weight excluding hydrogens is 348 g/mol. The van der Waals surface area contributed by atoms with Gasteiger partial charge in [0.15, 0.2) is 5.58 Å². The first-order valence-electron chi connectivity index (χ1n) is 8.09. The summed E-state index contributed by atoms with van der Waals surface area (Å²) in [5, 5.41) is 10.7. The summed E-state index contributed by atoms with van der Waals surface area (Å²) in [6, 6.07) is 18.5. The molecule has 4 nitrogen and oxygen atoms in total. The fourth-order valence-electron chi connectivity index (χ4n) is 2.67. The molecule has 0 atom stereocenters. The van der Waals surface area contributed by atoms with Crippen LogP contribution in [0.5, 0.6) is 5.75 Å². The van der Waals surface area contributed by atoms with E-state index < -0.39 is 0 Å². The molecule has 0 aliphatic carbocycles. The Balaban J connectivity index is 1.67. The number of hydrogen-bond donors (Lipinski definition) is 1. The van der Waals surface area contributed by atoms with Crippen molar-refractivity contribution in [1.29, 1.82) is 0 Å². The van der Waals surface area contributed by atoms with Gasteiger partial charge in [-0.15, -0.1) is 0 Å². The van der Waals surface area contributed by atoms with Crippen LogP contribution in [0.2, 0.25) is 5.02 Å². The second kappa shape index (κ2) is 6.65. The van der Waals surface area contributed by atoms with Crippen LogP contribution in [0.4, 0.5) is 5.69 Å². The summed E-state index contributed by atoms with van der Waals surface area (Å²) in [7, 11) is 0. The predicted octanol–water partition coefficient (Wildman–Crippen LogP) is 5.91. The number of hydrogen-bond acceptors (Lipinski definition) is 4. The SMILES string of the molecule is Cc1cccc(C=Nc2cccc(-c3nc4cc(Cl)ccc4o3)c2)c1O. The average molecular weight is 363 g/mol. The molecule has 0 saturated carbocycles. The van der Waals surface area contributed by atoms with E-state index in [4.69, 9.17) is 16.0 Å². The summed E-state index contributed by atoms with van der Waals surface area (Å²) in [6.45, 7) is 1.85. The molecule has 128 valence electrons. The predicted molar refractivity (Wildman–Crippen MR) is 105 cm³/mol. The molecule has 26 heavy (non-hydrogen) atoms. The van der Waals surface area contributed by atoms with E-state index in [1.165, 1.54) is 0 Å². The smallest absolute Gasteiger partial charge is 0.227 e. The molecule has 1 aromatic heterocycles. The number of aliphatic imine (C=N–C) groups is 1. The zero-order chi connectivity index (χ0) is 18.1. The Kier molecular flexibility index (Phi) is 4.19. The summed E-state index contributed by atoms with van der Waals surface area (Å²) >= 11 is 6.00. The number of aromatic nitrogens is 1. The van der Waals surface area contributed by atoms with Crippen LogP contribution < -0.4 is 0 Å². The summed E-state index contributed by atoms with van der Waals surface area (Å²) in [5.74, 6) is 0.751. The largest absolute Gasteiger partial charge is 0.507 e. The Morgan fingerprint density at radius 2 is 1.92 bits per heavy atom. The van der Waals surface area contributed by atoms with Crippen LogP contribution in [0.15, 0.2) is 70.1 Å². The van der Waals surface area contributed by atoms with Crippen molar-refractivity contribution in [3.8, 4) is 17.2 Å². The number of phenolic OH excluding ortho intramolecular Hbond substituents is 1. The number of aryl methyl sites for hydroxylation is 1. The van der Waals surface area contributed by atoms with E-state index in [1.807, 2.05) is 49.4 Å². The Morgan fingerprint density at radius 1 is 1.08 bits per heavy atom. The molecule has 0 spiro atoms. The van der Waals surface area contributed by atoms with Crippen molar-refractivity contribution < 1.29 is 9.52 Å². The van der Waals surface area contributed by atoms with Crippen molar-refractivity contribution in [3.05, 3.63) is 76.8 Å². The number of fused-ring (bicyclic) bond motifs is 1. The number of oxazole rings is 1. The molecule has 0 unspecified atom stereocenters. The lowest BCUT2D eigenvalue weighted by atomic mass is 10.1. The highest BCUT2D eigenvalue weighted by molar-refractivity contribution is 6.31. The van der Waals surface area contributed by atoms with Gasteiger partial charge in [-0.2, -0.15) is 0 Å². The molecule has 1 heterocycles. The first kappa shape index (κ1) is 16.4. The monoisotopic (exact) mass is 362 g/mol. The number of rotatable bonds is 3. The van der Waals surface area contributed by atoms with Crippen LogP contribution in [0.3, 0.4) is 0 Å². The minimum Gasteiger partial charge on any atom is -0.507 e. The number of aromatic hydroxyl groups is 1. The van der Waals surface area contributed by atoms with Crippen molar-refractivity contribution in [2.45, 2.75) is 6.92 Å². The van der Waals surface area contributed by atoms with Crippen molar-refractivity contribution in [2.24, 2.45) is 4.99 Å². The van der Waals surface area contributed by atoms with E-state index >= 15 is 0 Å². The van der Waals surface area contributed by atoms with Crippen LogP contribution in [-0.2, 0) is 0 Å². The van der Waals surface area contributed by atoms with Crippen LogP contribution in [0.25, 0.3) is 22.6 Å². The topological polar surface area (TPSA) is 58.6 Å². The van der Waals surface area contributed by atoms with E-state index in [0.717, 1.165) is 16.8 Å². The average Bonchev–Trinajstić information content (AvgIpc) is 3.06. The Bertz CT molecular complexity index is 1130. The highest BCUT2D eigenvalue weighted by atomic mass is 35.5. The van der Waals surface area contributed by atoms with E-state index in [0.29, 0.717) is 27.6 Å². The van der Waals surface area contributed by atoms with Crippen LogP contribution in [0.1, 0.15) is 11.1 Å². The highest BCUT2D eigenvalue weighted by Gasteiger charge is 2.09. The summed E-state index contributed by atoms with van der Waals surface area (Å²) < 4.78 is 5.80. The van der Waals surface area contributed by atoms with Gasteiger partial charge in [0.1, 0.15) is 11.3 Å². The molecular formula is C21H15ClN2O2. The van der Waals surface area contributed by atoms with Crippen molar-refractivity contribution in [3.63, 3.8) is 0 Å². The normalized spacial score (nSPS) is 11.5. The summed E-state index contributed by atoms with van der Waals surface area (Å²) in [6.07, 6.45) is 1.65. The van der Waals surface area contributed by atoms with Gasteiger partial charge in [0.25, 0.3) is 0 Å². The lowest BCUT2D eigenvalue weighted by molar-refractivity contribution is 0.470. The Hall–Kier alpha value is -3.11. The number of para-hydroxylation sites is 1. The molecule has 0 fully saturated rings. The van der Waals surface area contributed by atoms with Crippen LogP contribution in [0, 0.1) is 6.92 Å². The van der Waals surface area contributed by atoms with E-state index in [9.17, 15) is 5.11 Å². The minimum atomic E-state index is 0.239. The van der Waals surface area contributed by atoms with Gasteiger partial charge in [-0.05, 0) is 55.0 Å². The minimum absolute atomic E-state index is 0.239. The van der Waals surface area contributed by atoms with Gasteiger partial charge in [-0.25, -0.2) is 4.98 Å². The third-order valence-corrected chi connectivity index (χ3v) is 4.30. The second-order valence-corrected chi connectivity index (χ2v) is 6.39. The molecule has 0 radical (unpaired) electrons. The Morgan fingerprint density at radius 3 is 2.81 bits per heavy atom. The van der Waals surface area contributed by atoms with E-state index in [1.54, 1.807) is 24.4 Å². The zero-order valence-corrected chi connectivity index (χ0v) is 14.7. The van der Waals surface area contributed by atoms with E-state index in [2.05, 4.69) is 9.98 Å².